The number of ether oxygens (including phenoxy) is 2. The summed E-state index contributed by atoms with van der Waals surface area (Å²) in [5.41, 5.74) is 2.32. The average Bonchev–Trinajstić information content (AvgIpc) is 2.86. The molecule has 0 atom stereocenters. The van der Waals surface area contributed by atoms with Gasteiger partial charge in [-0.15, -0.1) is 0 Å². The first kappa shape index (κ1) is 22.1. The van der Waals surface area contributed by atoms with Crippen molar-refractivity contribution in [3.8, 4) is 11.5 Å². The molecular weight excluding hydrogens is 431 g/mol. The van der Waals surface area contributed by atoms with Crippen LogP contribution in [0.3, 0.4) is 0 Å². The summed E-state index contributed by atoms with van der Waals surface area (Å²) < 4.78 is 26.8. The van der Waals surface area contributed by atoms with Crippen LogP contribution in [-0.4, -0.2) is 41.1 Å². The monoisotopic (exact) mass is 458 g/mol. The number of nitrogens with zero attached hydrogens (tertiary/aromatic N) is 3. The van der Waals surface area contributed by atoms with Crippen molar-refractivity contribution in [2.24, 2.45) is 0 Å². The lowest BCUT2D eigenvalue weighted by Crippen LogP contribution is -2.35. The number of halogens is 1. The standard InChI is InChI=1S/C27H27FN4O2/c1-32-14-12-21(13-15-32)34-25-9-5-8-23-26(25)27(30-18-29-23)31-20-10-11-24(22(28)16-20)33-17-19-6-3-2-4-7-19/h2-11,16,18,21H,12-15,17H2,1H3,(H,29,30,31). The molecule has 0 unspecified atom stereocenters. The lowest BCUT2D eigenvalue weighted by Gasteiger charge is -2.29. The van der Waals surface area contributed by atoms with Gasteiger partial charge in [0.2, 0.25) is 0 Å². The molecule has 1 aliphatic rings. The zero-order chi connectivity index (χ0) is 23.3. The van der Waals surface area contributed by atoms with Gasteiger partial charge in [-0.25, -0.2) is 14.4 Å². The Labute approximate surface area is 198 Å². The molecule has 5 rings (SSSR count). The van der Waals surface area contributed by atoms with Crippen molar-refractivity contribution in [1.82, 2.24) is 14.9 Å². The second kappa shape index (κ2) is 10.1. The number of nitrogens with one attached hydrogen (secondary N) is 1. The maximum atomic E-state index is 14.8. The third-order valence-corrected chi connectivity index (χ3v) is 6.02. The molecular formula is C27H27FN4O2. The molecule has 3 aromatic carbocycles. The van der Waals surface area contributed by atoms with E-state index in [0.717, 1.165) is 48.1 Å². The predicted molar refractivity (Wildman–Crippen MR) is 131 cm³/mol. The van der Waals surface area contributed by atoms with Gasteiger partial charge in [0.15, 0.2) is 11.6 Å². The molecule has 0 radical (unpaired) electrons. The Morgan fingerprint density at radius 2 is 1.79 bits per heavy atom. The number of likely N-dealkylation sites (tertiary alicyclic amines) is 1. The van der Waals surface area contributed by atoms with Crippen molar-refractivity contribution in [3.05, 3.63) is 84.4 Å². The highest BCUT2D eigenvalue weighted by molar-refractivity contribution is 5.95. The number of hydrogen-bond acceptors (Lipinski definition) is 6. The Hall–Kier alpha value is -3.71. The second-order valence-electron chi connectivity index (χ2n) is 8.54. The Morgan fingerprint density at radius 3 is 2.59 bits per heavy atom. The van der Waals surface area contributed by atoms with Crippen molar-refractivity contribution in [2.75, 3.05) is 25.5 Å². The Morgan fingerprint density at radius 1 is 0.971 bits per heavy atom. The van der Waals surface area contributed by atoms with E-state index >= 15 is 0 Å². The van der Waals surface area contributed by atoms with Crippen LogP contribution >= 0.6 is 0 Å². The zero-order valence-corrected chi connectivity index (χ0v) is 19.1. The molecule has 0 aliphatic carbocycles. The molecule has 1 saturated heterocycles. The van der Waals surface area contributed by atoms with Crippen molar-refractivity contribution in [2.45, 2.75) is 25.6 Å². The van der Waals surface area contributed by atoms with E-state index in [1.54, 1.807) is 12.1 Å². The summed E-state index contributed by atoms with van der Waals surface area (Å²) in [5.74, 6) is 1.07. The molecule has 1 N–H and O–H groups in total. The second-order valence-corrected chi connectivity index (χ2v) is 8.54. The van der Waals surface area contributed by atoms with E-state index in [1.807, 2.05) is 48.5 Å². The first-order valence-corrected chi connectivity index (χ1v) is 11.5. The summed E-state index contributed by atoms with van der Waals surface area (Å²) in [5, 5.41) is 4.02. The van der Waals surface area contributed by atoms with Crippen molar-refractivity contribution in [3.63, 3.8) is 0 Å². The summed E-state index contributed by atoms with van der Waals surface area (Å²) in [4.78, 5) is 11.1. The number of hydrogen-bond donors (Lipinski definition) is 1. The number of benzene rings is 3. The van der Waals surface area contributed by atoms with Gasteiger partial charge in [-0.05, 0) is 49.7 Å². The topological polar surface area (TPSA) is 59.5 Å². The highest BCUT2D eigenvalue weighted by Crippen LogP contribution is 2.34. The molecule has 34 heavy (non-hydrogen) atoms. The molecule has 7 heteroatoms. The number of piperidine rings is 1. The first-order chi connectivity index (χ1) is 16.7. The minimum atomic E-state index is -0.443. The minimum Gasteiger partial charge on any atom is -0.489 e. The number of anilines is 2. The van der Waals surface area contributed by atoms with E-state index in [9.17, 15) is 4.39 Å². The molecule has 0 saturated carbocycles. The molecule has 1 aliphatic heterocycles. The van der Waals surface area contributed by atoms with Gasteiger partial charge in [-0.2, -0.15) is 0 Å². The highest BCUT2D eigenvalue weighted by Gasteiger charge is 2.20. The lowest BCUT2D eigenvalue weighted by molar-refractivity contribution is 0.116. The van der Waals surface area contributed by atoms with Crippen LogP contribution in [0.1, 0.15) is 18.4 Å². The Balaban J connectivity index is 1.35. The zero-order valence-electron chi connectivity index (χ0n) is 19.1. The van der Waals surface area contributed by atoms with Gasteiger partial charge in [-0.1, -0.05) is 36.4 Å². The summed E-state index contributed by atoms with van der Waals surface area (Å²) in [6, 6.07) is 20.3. The molecule has 0 spiro atoms. The summed E-state index contributed by atoms with van der Waals surface area (Å²) in [6.45, 7) is 2.32. The number of rotatable bonds is 7. The molecule has 1 aromatic heterocycles. The normalized spacial score (nSPS) is 14.8. The van der Waals surface area contributed by atoms with Crippen LogP contribution in [0.25, 0.3) is 10.9 Å². The third kappa shape index (κ3) is 5.10. The molecule has 6 nitrogen and oxygen atoms in total. The Bertz CT molecular complexity index is 1250. The van der Waals surface area contributed by atoms with E-state index in [0.29, 0.717) is 18.1 Å². The average molecular weight is 459 g/mol. The van der Waals surface area contributed by atoms with E-state index in [-0.39, 0.29) is 11.9 Å². The predicted octanol–water partition coefficient (Wildman–Crippen LogP) is 5.56. The van der Waals surface area contributed by atoms with Gasteiger partial charge >= 0.3 is 0 Å². The largest absolute Gasteiger partial charge is 0.489 e. The van der Waals surface area contributed by atoms with Crippen molar-refractivity contribution < 1.29 is 13.9 Å². The van der Waals surface area contributed by atoms with Gasteiger partial charge in [-0.3, -0.25) is 0 Å². The van der Waals surface area contributed by atoms with Gasteiger partial charge in [0.25, 0.3) is 0 Å². The van der Waals surface area contributed by atoms with Gasteiger partial charge in [0.1, 0.15) is 30.6 Å². The van der Waals surface area contributed by atoms with E-state index in [4.69, 9.17) is 9.47 Å². The number of fused-ring (bicyclic) bond motifs is 1. The van der Waals surface area contributed by atoms with Crippen molar-refractivity contribution in [1.29, 1.82) is 0 Å². The fourth-order valence-corrected chi connectivity index (χ4v) is 4.12. The SMILES string of the molecule is CN1CCC(Oc2cccc3ncnc(Nc4ccc(OCc5ccccc5)c(F)c4)c23)CC1. The van der Waals surface area contributed by atoms with Crippen LogP contribution in [0.5, 0.6) is 11.5 Å². The summed E-state index contributed by atoms with van der Waals surface area (Å²) in [7, 11) is 2.13. The van der Waals surface area contributed by atoms with E-state index in [1.165, 1.54) is 12.4 Å². The van der Waals surface area contributed by atoms with E-state index in [2.05, 4.69) is 27.2 Å². The maximum absolute atomic E-state index is 14.8. The van der Waals surface area contributed by atoms with Crippen molar-refractivity contribution >= 4 is 22.4 Å². The fourth-order valence-electron chi connectivity index (χ4n) is 4.12. The van der Waals surface area contributed by atoms with Gasteiger partial charge in [0, 0.05) is 24.8 Å². The summed E-state index contributed by atoms with van der Waals surface area (Å²) in [6.07, 6.45) is 3.59. The van der Waals surface area contributed by atoms with Crippen LogP contribution in [0.2, 0.25) is 0 Å². The highest BCUT2D eigenvalue weighted by atomic mass is 19.1. The third-order valence-electron chi connectivity index (χ3n) is 6.02. The van der Waals surface area contributed by atoms with Crippen LogP contribution in [0, 0.1) is 5.82 Å². The molecule has 0 bridgehead atoms. The molecule has 1 fully saturated rings. The van der Waals surface area contributed by atoms with Gasteiger partial charge in [0.05, 0.1) is 10.9 Å². The quantitative estimate of drug-likeness (QED) is 0.391. The molecule has 2 heterocycles. The van der Waals surface area contributed by atoms with Gasteiger partial charge < -0.3 is 19.7 Å². The van der Waals surface area contributed by atoms with Crippen LogP contribution in [0.15, 0.2) is 73.1 Å². The van der Waals surface area contributed by atoms with Crippen LogP contribution in [0.4, 0.5) is 15.9 Å². The summed E-state index contributed by atoms with van der Waals surface area (Å²) >= 11 is 0. The lowest BCUT2D eigenvalue weighted by atomic mass is 10.1. The minimum absolute atomic E-state index is 0.147. The molecule has 174 valence electrons. The molecule has 4 aromatic rings. The van der Waals surface area contributed by atoms with Crippen LogP contribution < -0.4 is 14.8 Å². The smallest absolute Gasteiger partial charge is 0.167 e. The number of aromatic nitrogens is 2. The molecule has 0 amide bonds. The first-order valence-electron chi connectivity index (χ1n) is 11.5. The fraction of sp³-hybridized carbons (Fsp3) is 0.259. The maximum Gasteiger partial charge on any atom is 0.167 e. The van der Waals surface area contributed by atoms with E-state index < -0.39 is 5.82 Å². The van der Waals surface area contributed by atoms with Crippen LogP contribution in [-0.2, 0) is 6.61 Å². The Kier molecular flexibility index (Phi) is 6.53.